The number of aromatic nitrogens is 1. The number of nitrogens with zero attached hydrogens (tertiary/aromatic N) is 2. The molecule has 0 aliphatic carbocycles. The average Bonchev–Trinajstić information content (AvgIpc) is 2.85. The zero-order valence-electron chi connectivity index (χ0n) is 10.4. The maximum Gasteiger partial charge on any atom is 0.103 e. The van der Waals surface area contributed by atoms with Crippen LogP contribution < -0.4 is 0 Å². The molecule has 1 heterocycles. The molecule has 4 heteroatoms. The van der Waals surface area contributed by atoms with Crippen molar-refractivity contribution >= 4 is 23.1 Å². The fourth-order valence-corrected chi connectivity index (χ4v) is 3.10. The van der Waals surface area contributed by atoms with Crippen LogP contribution in [0.5, 0.6) is 0 Å². The van der Waals surface area contributed by atoms with Crippen molar-refractivity contribution in [2.75, 3.05) is 0 Å². The Kier molecular flexibility index (Phi) is 4.40. The number of thioether (sulfide) groups is 1. The quantitative estimate of drug-likeness (QED) is 0.833. The number of benzene rings is 1. The highest BCUT2D eigenvalue weighted by molar-refractivity contribution is 7.99. The summed E-state index contributed by atoms with van der Waals surface area (Å²) in [5.41, 5.74) is 2.67. The van der Waals surface area contributed by atoms with E-state index in [4.69, 9.17) is 5.26 Å². The van der Waals surface area contributed by atoms with E-state index in [0.717, 1.165) is 22.0 Å². The Hall–Kier alpha value is -1.31. The van der Waals surface area contributed by atoms with Crippen LogP contribution in [0.4, 0.5) is 0 Å². The summed E-state index contributed by atoms with van der Waals surface area (Å²) in [6.45, 7) is 4.38. The van der Waals surface area contributed by atoms with E-state index in [-0.39, 0.29) is 0 Å². The van der Waals surface area contributed by atoms with Gasteiger partial charge in [-0.3, -0.25) is 0 Å². The van der Waals surface area contributed by atoms with Gasteiger partial charge >= 0.3 is 0 Å². The summed E-state index contributed by atoms with van der Waals surface area (Å²) in [6.07, 6.45) is 0. The maximum atomic E-state index is 8.89. The van der Waals surface area contributed by atoms with Crippen molar-refractivity contribution < 1.29 is 0 Å². The second-order valence-electron chi connectivity index (χ2n) is 4.18. The number of hydrogen-bond donors (Lipinski definition) is 0. The first-order valence-electron chi connectivity index (χ1n) is 5.75. The molecule has 0 fully saturated rings. The van der Waals surface area contributed by atoms with Gasteiger partial charge in [0.15, 0.2) is 0 Å². The van der Waals surface area contributed by atoms with E-state index >= 15 is 0 Å². The molecule has 2 aromatic rings. The summed E-state index contributed by atoms with van der Waals surface area (Å²) < 4.78 is 0. The lowest BCUT2D eigenvalue weighted by Crippen LogP contribution is -1.88. The van der Waals surface area contributed by atoms with Crippen LogP contribution in [0.3, 0.4) is 0 Å². The zero-order chi connectivity index (χ0) is 13.0. The van der Waals surface area contributed by atoms with E-state index in [9.17, 15) is 0 Å². The van der Waals surface area contributed by atoms with E-state index in [0.29, 0.717) is 10.8 Å². The lowest BCUT2D eigenvalue weighted by atomic mass is 10.1. The number of rotatable bonds is 4. The molecule has 0 amide bonds. The molecule has 2 nitrogen and oxygen atoms in total. The average molecular weight is 274 g/mol. The minimum absolute atomic E-state index is 0.624. The molecule has 92 valence electrons. The molecule has 0 radical (unpaired) electrons. The minimum Gasteiger partial charge on any atom is -0.240 e. The summed E-state index contributed by atoms with van der Waals surface area (Å²) >= 11 is 3.58. The first-order chi connectivity index (χ1) is 8.69. The van der Waals surface area contributed by atoms with Gasteiger partial charge in [0.2, 0.25) is 0 Å². The van der Waals surface area contributed by atoms with Gasteiger partial charge in [0.05, 0.1) is 17.3 Å². The van der Waals surface area contributed by atoms with Crippen molar-refractivity contribution in [2.24, 2.45) is 0 Å². The highest BCUT2D eigenvalue weighted by Crippen LogP contribution is 2.26. The Morgan fingerprint density at radius 2 is 2.28 bits per heavy atom. The van der Waals surface area contributed by atoms with Gasteiger partial charge in [0.25, 0.3) is 0 Å². The first kappa shape index (κ1) is 13.1. The smallest absolute Gasteiger partial charge is 0.103 e. The van der Waals surface area contributed by atoms with Crippen molar-refractivity contribution in [1.82, 2.24) is 4.98 Å². The van der Waals surface area contributed by atoms with Crippen LogP contribution in [-0.4, -0.2) is 10.2 Å². The summed E-state index contributed by atoms with van der Waals surface area (Å²) in [5.74, 6) is 0.959. The Balaban J connectivity index is 2.16. The molecular formula is C14H14N2S2. The summed E-state index contributed by atoms with van der Waals surface area (Å²) in [5, 5.41) is 12.7. The molecule has 18 heavy (non-hydrogen) atoms. The Bertz CT molecular complexity index is 567. The predicted octanol–water partition coefficient (Wildman–Crippen LogP) is 4.32. The third-order valence-electron chi connectivity index (χ3n) is 2.38. The topological polar surface area (TPSA) is 36.7 Å². The largest absolute Gasteiger partial charge is 0.240 e. The van der Waals surface area contributed by atoms with E-state index in [1.54, 1.807) is 11.3 Å². The molecule has 0 N–H and O–H groups in total. The molecule has 0 aliphatic heterocycles. The molecule has 1 aromatic carbocycles. The van der Waals surface area contributed by atoms with E-state index in [1.807, 2.05) is 36.0 Å². The van der Waals surface area contributed by atoms with Crippen molar-refractivity contribution in [1.29, 1.82) is 5.26 Å². The molecule has 0 atom stereocenters. The van der Waals surface area contributed by atoms with Gasteiger partial charge in [-0.25, -0.2) is 4.98 Å². The van der Waals surface area contributed by atoms with Gasteiger partial charge in [-0.1, -0.05) is 26.0 Å². The fraction of sp³-hybridized carbons (Fsp3) is 0.286. The van der Waals surface area contributed by atoms with Crippen LogP contribution in [0.2, 0.25) is 0 Å². The number of nitriles is 1. The third-order valence-corrected chi connectivity index (χ3v) is 4.52. The van der Waals surface area contributed by atoms with Gasteiger partial charge in [0, 0.05) is 16.7 Å². The van der Waals surface area contributed by atoms with E-state index in [1.165, 1.54) is 0 Å². The molecule has 0 saturated heterocycles. The van der Waals surface area contributed by atoms with Crippen LogP contribution in [0.15, 0.2) is 29.6 Å². The van der Waals surface area contributed by atoms with Gasteiger partial charge in [-0.05, 0) is 17.4 Å². The second-order valence-corrected chi connectivity index (χ2v) is 6.69. The first-order valence-corrected chi connectivity index (χ1v) is 7.68. The SMILES string of the molecule is CC(C)SCc1nc(-c2cccc(C#N)c2)cs1. The molecule has 0 aliphatic rings. The van der Waals surface area contributed by atoms with Crippen LogP contribution in [0, 0.1) is 11.3 Å². The van der Waals surface area contributed by atoms with Gasteiger partial charge in [-0.2, -0.15) is 17.0 Å². The van der Waals surface area contributed by atoms with E-state index in [2.05, 4.69) is 30.3 Å². The second kappa shape index (κ2) is 6.03. The van der Waals surface area contributed by atoms with Crippen molar-refractivity contribution in [3.05, 3.63) is 40.2 Å². The molecule has 0 spiro atoms. The molecule has 0 bridgehead atoms. The van der Waals surface area contributed by atoms with Gasteiger partial charge in [0.1, 0.15) is 5.01 Å². The maximum absolute atomic E-state index is 8.89. The summed E-state index contributed by atoms with van der Waals surface area (Å²) in [7, 11) is 0. The minimum atomic E-state index is 0.624. The Morgan fingerprint density at radius 1 is 1.44 bits per heavy atom. The highest BCUT2D eigenvalue weighted by atomic mass is 32.2. The van der Waals surface area contributed by atoms with Crippen molar-refractivity contribution in [2.45, 2.75) is 24.9 Å². The molecule has 0 saturated carbocycles. The van der Waals surface area contributed by atoms with Crippen LogP contribution >= 0.6 is 23.1 Å². The zero-order valence-corrected chi connectivity index (χ0v) is 12.0. The van der Waals surface area contributed by atoms with Crippen molar-refractivity contribution in [3.63, 3.8) is 0 Å². The normalized spacial score (nSPS) is 10.6. The molecular weight excluding hydrogens is 260 g/mol. The Morgan fingerprint density at radius 3 is 3.00 bits per heavy atom. The molecule has 1 aromatic heterocycles. The monoisotopic (exact) mass is 274 g/mol. The standard InChI is InChI=1S/C14H14N2S2/c1-10(2)17-9-14-16-13(8-18-14)12-5-3-4-11(6-12)7-15/h3-6,8,10H,9H2,1-2H3. The predicted molar refractivity (Wildman–Crippen MR) is 78.7 cm³/mol. The lowest BCUT2D eigenvalue weighted by Gasteiger charge is -2.01. The van der Waals surface area contributed by atoms with Crippen molar-refractivity contribution in [3.8, 4) is 17.3 Å². The van der Waals surface area contributed by atoms with Crippen LogP contribution in [0.1, 0.15) is 24.4 Å². The summed E-state index contributed by atoms with van der Waals surface area (Å²) in [6, 6.07) is 9.74. The summed E-state index contributed by atoms with van der Waals surface area (Å²) in [4.78, 5) is 4.62. The third kappa shape index (κ3) is 3.34. The van der Waals surface area contributed by atoms with Crippen LogP contribution in [-0.2, 0) is 5.75 Å². The van der Waals surface area contributed by atoms with Gasteiger partial charge in [-0.15, -0.1) is 11.3 Å². The van der Waals surface area contributed by atoms with Crippen LogP contribution in [0.25, 0.3) is 11.3 Å². The lowest BCUT2D eigenvalue weighted by molar-refractivity contribution is 1.10. The van der Waals surface area contributed by atoms with Gasteiger partial charge < -0.3 is 0 Å². The number of thiazole rings is 1. The fourth-order valence-electron chi connectivity index (χ4n) is 1.50. The molecule has 2 rings (SSSR count). The highest BCUT2D eigenvalue weighted by Gasteiger charge is 2.06. The Labute approximate surface area is 116 Å². The molecule has 0 unspecified atom stereocenters. The van der Waals surface area contributed by atoms with E-state index < -0.39 is 0 Å². The number of hydrogen-bond acceptors (Lipinski definition) is 4.